The molecule has 2 N–H and O–H groups in total. The van der Waals surface area contributed by atoms with Gasteiger partial charge in [-0.05, 0) is 42.5 Å². The molecule has 0 fully saturated rings. The monoisotopic (exact) mass is 398 g/mol. The maximum absolute atomic E-state index is 12.4. The minimum absolute atomic E-state index is 0.0244. The van der Waals surface area contributed by atoms with Crippen molar-refractivity contribution in [3.8, 4) is 0 Å². The Morgan fingerprint density at radius 2 is 1.68 bits per heavy atom. The molecule has 1 aromatic heterocycles. The number of nitrogens with one attached hydrogen (secondary N) is 2. The largest absolute Gasteiger partial charge is 0.455 e. The van der Waals surface area contributed by atoms with Gasteiger partial charge in [0, 0.05) is 18.3 Å². The third-order valence-electron chi connectivity index (χ3n) is 3.93. The van der Waals surface area contributed by atoms with Crippen molar-refractivity contribution in [2.45, 2.75) is 10.6 Å². The highest BCUT2D eigenvalue weighted by atomic mass is 32.2. The van der Waals surface area contributed by atoms with Gasteiger partial charge in [0.2, 0.25) is 0 Å². The van der Waals surface area contributed by atoms with Crippen molar-refractivity contribution in [3.63, 3.8) is 0 Å². The normalized spacial score (nSPS) is 11.0. The standard InChI is InChI=1S/C20H18N2O5S/c1-21-19(23)14-6-5-7-15(12-14)22-20(24)18-11-10-16(27-18)13-28(25,26)17-8-3-2-4-9-17/h2-12H,13H2,1H3,(H,21,23)(H,22,24). The minimum atomic E-state index is -3.57. The number of furan rings is 1. The Hall–Kier alpha value is -3.39. The van der Waals surface area contributed by atoms with Crippen LogP contribution in [-0.4, -0.2) is 27.3 Å². The van der Waals surface area contributed by atoms with Crippen molar-refractivity contribution in [2.24, 2.45) is 0 Å². The Labute approximate surface area is 162 Å². The molecule has 2 amide bonds. The number of benzene rings is 2. The Bertz CT molecular complexity index is 1100. The molecule has 1 heterocycles. The summed E-state index contributed by atoms with van der Waals surface area (Å²) in [6.07, 6.45) is 0. The molecular weight excluding hydrogens is 380 g/mol. The van der Waals surface area contributed by atoms with E-state index in [9.17, 15) is 18.0 Å². The summed E-state index contributed by atoms with van der Waals surface area (Å²) in [6.45, 7) is 0. The van der Waals surface area contributed by atoms with Crippen LogP contribution in [0, 0.1) is 0 Å². The molecule has 28 heavy (non-hydrogen) atoms. The van der Waals surface area contributed by atoms with E-state index in [0.29, 0.717) is 11.3 Å². The lowest BCUT2D eigenvalue weighted by molar-refractivity contribution is 0.0960. The molecule has 0 atom stereocenters. The smallest absolute Gasteiger partial charge is 0.291 e. The molecule has 3 rings (SSSR count). The Balaban J connectivity index is 1.72. The lowest BCUT2D eigenvalue weighted by Gasteiger charge is -2.06. The molecule has 0 spiro atoms. The fourth-order valence-corrected chi connectivity index (χ4v) is 3.82. The highest BCUT2D eigenvalue weighted by Crippen LogP contribution is 2.19. The SMILES string of the molecule is CNC(=O)c1cccc(NC(=O)c2ccc(CS(=O)(=O)c3ccccc3)o2)c1. The van der Waals surface area contributed by atoms with Crippen LogP contribution in [-0.2, 0) is 15.6 Å². The van der Waals surface area contributed by atoms with E-state index in [1.54, 1.807) is 36.4 Å². The second kappa shape index (κ2) is 8.10. The predicted octanol–water partition coefficient (Wildman–Crippen LogP) is 2.87. The molecule has 144 valence electrons. The number of carbonyl (C=O) groups is 2. The summed E-state index contributed by atoms with van der Waals surface area (Å²) in [5.41, 5.74) is 0.815. The van der Waals surface area contributed by atoms with Crippen molar-refractivity contribution >= 4 is 27.3 Å². The maximum Gasteiger partial charge on any atom is 0.291 e. The summed E-state index contributed by atoms with van der Waals surface area (Å²) >= 11 is 0. The third kappa shape index (κ3) is 4.47. The molecule has 0 saturated heterocycles. The molecular formula is C20H18N2O5S. The van der Waals surface area contributed by atoms with E-state index in [-0.39, 0.29) is 28.1 Å². The van der Waals surface area contributed by atoms with Crippen molar-refractivity contribution in [2.75, 3.05) is 12.4 Å². The van der Waals surface area contributed by atoms with Gasteiger partial charge in [-0.2, -0.15) is 0 Å². The summed E-state index contributed by atoms with van der Waals surface area (Å²) in [6, 6.07) is 17.3. The van der Waals surface area contributed by atoms with E-state index in [1.165, 1.54) is 37.4 Å². The average Bonchev–Trinajstić information content (AvgIpc) is 3.16. The quantitative estimate of drug-likeness (QED) is 0.664. The molecule has 2 aromatic carbocycles. The first kappa shape index (κ1) is 19.4. The number of carbonyl (C=O) groups excluding carboxylic acids is 2. The molecule has 0 radical (unpaired) electrons. The topological polar surface area (TPSA) is 105 Å². The highest BCUT2D eigenvalue weighted by Gasteiger charge is 2.19. The van der Waals surface area contributed by atoms with Gasteiger partial charge in [0.1, 0.15) is 11.5 Å². The summed E-state index contributed by atoms with van der Waals surface area (Å²) < 4.78 is 30.2. The van der Waals surface area contributed by atoms with Gasteiger partial charge >= 0.3 is 0 Å². The number of rotatable bonds is 6. The van der Waals surface area contributed by atoms with Gasteiger partial charge in [-0.3, -0.25) is 9.59 Å². The van der Waals surface area contributed by atoms with Gasteiger partial charge < -0.3 is 15.1 Å². The summed E-state index contributed by atoms with van der Waals surface area (Å²) in [5.74, 6) is -1.03. The second-order valence-corrected chi connectivity index (χ2v) is 7.94. The average molecular weight is 398 g/mol. The minimum Gasteiger partial charge on any atom is -0.455 e. The zero-order valence-electron chi connectivity index (χ0n) is 15.0. The van der Waals surface area contributed by atoms with Crippen molar-refractivity contribution in [1.82, 2.24) is 5.32 Å². The number of amides is 2. The number of hydrogen-bond donors (Lipinski definition) is 2. The molecule has 0 bridgehead atoms. The van der Waals surface area contributed by atoms with Crippen LogP contribution in [0.1, 0.15) is 26.7 Å². The van der Waals surface area contributed by atoms with E-state index in [4.69, 9.17) is 4.42 Å². The van der Waals surface area contributed by atoms with E-state index in [0.717, 1.165) is 0 Å². The van der Waals surface area contributed by atoms with Crippen LogP contribution in [0.15, 0.2) is 76.0 Å². The van der Waals surface area contributed by atoms with Gasteiger partial charge in [0.05, 0.1) is 4.90 Å². The van der Waals surface area contributed by atoms with E-state index >= 15 is 0 Å². The molecule has 3 aromatic rings. The van der Waals surface area contributed by atoms with Crippen molar-refractivity contribution < 1.29 is 22.4 Å². The molecule has 0 unspecified atom stereocenters. The number of hydrogen-bond acceptors (Lipinski definition) is 5. The van der Waals surface area contributed by atoms with E-state index in [2.05, 4.69) is 10.6 Å². The van der Waals surface area contributed by atoms with Crippen LogP contribution >= 0.6 is 0 Å². The van der Waals surface area contributed by atoms with Gasteiger partial charge in [0.25, 0.3) is 11.8 Å². The molecule has 8 heteroatoms. The Morgan fingerprint density at radius 1 is 0.929 bits per heavy atom. The number of sulfone groups is 1. The van der Waals surface area contributed by atoms with Gasteiger partial charge in [0.15, 0.2) is 15.6 Å². The molecule has 0 aliphatic rings. The predicted molar refractivity (Wildman–Crippen MR) is 104 cm³/mol. The van der Waals surface area contributed by atoms with Gasteiger partial charge in [-0.15, -0.1) is 0 Å². The Morgan fingerprint density at radius 3 is 2.39 bits per heavy atom. The summed E-state index contributed by atoms with van der Waals surface area (Å²) in [4.78, 5) is 24.2. The molecule has 0 aliphatic heterocycles. The third-order valence-corrected chi connectivity index (χ3v) is 5.58. The fourth-order valence-electron chi connectivity index (χ4n) is 2.55. The lowest BCUT2D eigenvalue weighted by atomic mass is 10.2. The zero-order chi connectivity index (χ0) is 20.1. The van der Waals surface area contributed by atoms with Crippen molar-refractivity contribution in [1.29, 1.82) is 0 Å². The highest BCUT2D eigenvalue weighted by molar-refractivity contribution is 7.90. The first-order chi connectivity index (χ1) is 13.4. The van der Waals surface area contributed by atoms with Gasteiger partial charge in [-0.1, -0.05) is 24.3 Å². The number of anilines is 1. The molecule has 0 aliphatic carbocycles. The first-order valence-electron chi connectivity index (χ1n) is 8.39. The zero-order valence-corrected chi connectivity index (χ0v) is 15.8. The Kier molecular flexibility index (Phi) is 5.60. The fraction of sp³-hybridized carbons (Fsp3) is 0.100. The van der Waals surface area contributed by atoms with Crippen LogP contribution in [0.3, 0.4) is 0 Å². The van der Waals surface area contributed by atoms with Crippen LogP contribution in [0.2, 0.25) is 0 Å². The van der Waals surface area contributed by atoms with Crippen LogP contribution in [0.4, 0.5) is 5.69 Å². The summed E-state index contributed by atoms with van der Waals surface area (Å²) in [5, 5.41) is 5.13. The van der Waals surface area contributed by atoms with E-state index < -0.39 is 15.7 Å². The van der Waals surface area contributed by atoms with Crippen LogP contribution in [0.25, 0.3) is 0 Å². The van der Waals surface area contributed by atoms with Gasteiger partial charge in [-0.25, -0.2) is 8.42 Å². The maximum atomic E-state index is 12.4. The second-order valence-electron chi connectivity index (χ2n) is 5.95. The molecule has 0 saturated carbocycles. The van der Waals surface area contributed by atoms with Crippen molar-refractivity contribution in [3.05, 3.63) is 83.8 Å². The lowest BCUT2D eigenvalue weighted by Crippen LogP contribution is -2.18. The van der Waals surface area contributed by atoms with Crippen LogP contribution < -0.4 is 10.6 Å². The van der Waals surface area contributed by atoms with Crippen LogP contribution in [0.5, 0.6) is 0 Å². The summed E-state index contributed by atoms with van der Waals surface area (Å²) in [7, 11) is -2.06. The van der Waals surface area contributed by atoms with E-state index in [1.807, 2.05) is 0 Å². The molecule has 7 nitrogen and oxygen atoms in total. The first-order valence-corrected chi connectivity index (χ1v) is 10.0.